The summed E-state index contributed by atoms with van der Waals surface area (Å²) in [4.78, 5) is 0. The van der Waals surface area contributed by atoms with Crippen LogP contribution in [0.25, 0.3) is 0 Å². The van der Waals surface area contributed by atoms with Crippen LogP contribution in [-0.4, -0.2) is 11.9 Å². The van der Waals surface area contributed by atoms with Gasteiger partial charge in [-0.25, -0.2) is 0 Å². The molecule has 0 fully saturated rings. The number of hydrogen-bond donors (Lipinski definition) is 0. The van der Waals surface area contributed by atoms with E-state index in [2.05, 4.69) is 31.9 Å². The monoisotopic (exact) mass is 150 g/mol. The van der Waals surface area contributed by atoms with Crippen molar-refractivity contribution < 1.29 is 0 Å². The van der Waals surface area contributed by atoms with Crippen molar-refractivity contribution in [3.63, 3.8) is 0 Å². The van der Waals surface area contributed by atoms with E-state index < -0.39 is 7.22 Å². The highest BCUT2D eigenvalue weighted by atomic mass is 32.4. The second kappa shape index (κ2) is 2.84. The summed E-state index contributed by atoms with van der Waals surface area (Å²) in [5, 5.41) is 0. The molecule has 0 saturated heterocycles. The maximum atomic E-state index is 4.67. The lowest BCUT2D eigenvalue weighted by Gasteiger charge is -2.08. The van der Waals surface area contributed by atoms with Crippen LogP contribution in [0, 0.1) is 0 Å². The molecule has 42 valence electrons. The zero-order chi connectivity index (χ0) is 5.91. The molecular formula is C4H10S2Si. The molecule has 0 unspecified atom stereocenters. The molecule has 0 heterocycles. The molecule has 0 bridgehead atoms. The van der Waals surface area contributed by atoms with Gasteiger partial charge in [-0.3, -0.25) is 0 Å². The summed E-state index contributed by atoms with van der Waals surface area (Å²) in [5.74, 6) is 0. The van der Waals surface area contributed by atoms with Crippen molar-refractivity contribution in [3.05, 3.63) is 0 Å². The molecule has 0 atom stereocenters. The molecule has 0 N–H and O–H groups in total. The Morgan fingerprint density at radius 2 is 1.86 bits per heavy atom. The maximum Gasteiger partial charge on any atom is 0.114 e. The van der Waals surface area contributed by atoms with E-state index in [1.807, 2.05) is 11.2 Å². The molecule has 3 heteroatoms. The molecule has 0 aliphatic rings. The van der Waals surface area contributed by atoms with Gasteiger partial charge in [0.25, 0.3) is 0 Å². The third kappa shape index (κ3) is 6.66. The van der Waals surface area contributed by atoms with Crippen LogP contribution in [0.15, 0.2) is 0 Å². The lowest BCUT2D eigenvalue weighted by atomic mass is 11.8. The molecule has 0 nitrogen and oxygen atoms in total. The predicted octanol–water partition coefficient (Wildman–Crippen LogP) is 2.51. The lowest BCUT2D eigenvalue weighted by Crippen LogP contribution is -2.12. The number of thiocarbonyl (C=S) groups is 1. The zero-order valence-corrected chi connectivity index (χ0v) is 7.53. The minimum absolute atomic E-state index is 0.900. The van der Waals surface area contributed by atoms with Gasteiger partial charge in [-0.15, -0.1) is 11.2 Å². The summed E-state index contributed by atoms with van der Waals surface area (Å²) in [6.45, 7) is 6.83. The van der Waals surface area contributed by atoms with Crippen LogP contribution in [0.4, 0.5) is 0 Å². The van der Waals surface area contributed by atoms with Gasteiger partial charge in [0.15, 0.2) is 0 Å². The highest BCUT2D eigenvalue weighted by molar-refractivity contribution is 8.42. The van der Waals surface area contributed by atoms with Crippen molar-refractivity contribution in [2.24, 2.45) is 0 Å². The summed E-state index contributed by atoms with van der Waals surface area (Å²) in [6.07, 6.45) is 0. The smallest absolute Gasteiger partial charge is 0.114 e. The molecule has 0 aromatic rings. The fraction of sp³-hybridized carbons (Fsp3) is 0.750. The third-order valence-electron chi connectivity index (χ3n) is 0.402. The van der Waals surface area contributed by atoms with Crippen LogP contribution in [0.1, 0.15) is 0 Å². The van der Waals surface area contributed by atoms with Crippen LogP contribution in [-0.2, 0) is 0 Å². The standard InChI is InChI=1S/C4H10S2Si/c1-7(2,3)6-4-5/h4H,1-3H3. The highest BCUT2D eigenvalue weighted by Crippen LogP contribution is 2.15. The Hall–Kier alpha value is 0.657. The van der Waals surface area contributed by atoms with E-state index in [4.69, 9.17) is 0 Å². The first-order valence-electron chi connectivity index (χ1n) is 2.18. The third-order valence-corrected chi connectivity index (χ3v) is 4.48. The molecule has 0 aromatic heterocycles. The predicted molar refractivity (Wildman–Crippen MR) is 44.6 cm³/mol. The minimum Gasteiger partial charge on any atom is -0.148 e. The molecule has 0 aliphatic heterocycles. The second-order valence-corrected chi connectivity index (χ2v) is 11.9. The van der Waals surface area contributed by atoms with Crippen molar-refractivity contribution in [2.75, 3.05) is 0 Å². The van der Waals surface area contributed by atoms with Crippen LogP contribution in [0.3, 0.4) is 0 Å². The van der Waals surface area contributed by atoms with Crippen molar-refractivity contribution in [1.29, 1.82) is 0 Å². The van der Waals surface area contributed by atoms with Crippen molar-refractivity contribution in [2.45, 2.75) is 19.6 Å². The van der Waals surface area contributed by atoms with Gasteiger partial charge < -0.3 is 0 Å². The molecule has 0 aromatic carbocycles. The molecule has 0 spiro atoms. The molecule has 7 heavy (non-hydrogen) atoms. The Labute approximate surface area is 55.3 Å². The quantitative estimate of drug-likeness (QED) is 0.438. The van der Waals surface area contributed by atoms with Crippen molar-refractivity contribution in [3.8, 4) is 0 Å². The van der Waals surface area contributed by atoms with E-state index in [9.17, 15) is 0 Å². The Morgan fingerprint density at radius 1 is 1.43 bits per heavy atom. The molecule has 0 amide bonds. The van der Waals surface area contributed by atoms with E-state index in [0.29, 0.717) is 0 Å². The van der Waals surface area contributed by atoms with E-state index in [1.165, 1.54) is 0 Å². The van der Waals surface area contributed by atoms with Gasteiger partial charge in [0.05, 0.1) is 0 Å². The fourth-order valence-electron chi connectivity index (χ4n) is 0.144. The molecule has 0 aliphatic carbocycles. The Balaban J connectivity index is 3.34. The first-order chi connectivity index (χ1) is 3.06. The van der Waals surface area contributed by atoms with Gasteiger partial charge in [0.2, 0.25) is 0 Å². The summed E-state index contributed by atoms with van der Waals surface area (Å²) < 4.78 is 1.77. The molecule has 0 rings (SSSR count). The van der Waals surface area contributed by atoms with Gasteiger partial charge in [0, 0.05) is 4.70 Å². The normalized spacial score (nSPS) is 11.3. The molecule has 0 saturated carbocycles. The second-order valence-electron chi connectivity index (χ2n) is 2.33. The first-order valence-corrected chi connectivity index (χ1v) is 7.75. The largest absolute Gasteiger partial charge is 0.148 e. The van der Waals surface area contributed by atoms with E-state index in [1.54, 1.807) is 4.70 Å². The van der Waals surface area contributed by atoms with E-state index >= 15 is 0 Å². The van der Waals surface area contributed by atoms with E-state index in [0.717, 1.165) is 0 Å². The zero-order valence-electron chi connectivity index (χ0n) is 4.89. The van der Waals surface area contributed by atoms with Gasteiger partial charge in [-0.2, -0.15) is 0 Å². The van der Waals surface area contributed by atoms with Gasteiger partial charge in [0.1, 0.15) is 7.22 Å². The number of rotatable bonds is 2. The summed E-state index contributed by atoms with van der Waals surface area (Å²) in [6, 6.07) is 0. The van der Waals surface area contributed by atoms with Crippen LogP contribution in [0.5, 0.6) is 0 Å². The summed E-state index contributed by atoms with van der Waals surface area (Å²) in [7, 11) is -0.900. The Morgan fingerprint density at radius 3 is 1.86 bits per heavy atom. The van der Waals surface area contributed by atoms with E-state index in [-0.39, 0.29) is 0 Å². The summed E-state index contributed by atoms with van der Waals surface area (Å²) >= 11 is 6.49. The average molecular weight is 150 g/mol. The highest BCUT2D eigenvalue weighted by Gasteiger charge is 2.10. The topological polar surface area (TPSA) is 0 Å². The van der Waals surface area contributed by atoms with Crippen molar-refractivity contribution >= 4 is 35.4 Å². The average Bonchev–Trinajstić information content (AvgIpc) is 1.30. The van der Waals surface area contributed by atoms with Gasteiger partial charge in [-0.05, 0) is 0 Å². The van der Waals surface area contributed by atoms with Gasteiger partial charge >= 0.3 is 0 Å². The van der Waals surface area contributed by atoms with Crippen LogP contribution in [0.2, 0.25) is 19.6 Å². The lowest BCUT2D eigenvalue weighted by molar-refractivity contribution is 1.88. The maximum absolute atomic E-state index is 4.67. The fourth-order valence-corrected chi connectivity index (χ4v) is 3.90. The van der Waals surface area contributed by atoms with Crippen LogP contribution < -0.4 is 0 Å². The molecule has 0 radical (unpaired) electrons. The first kappa shape index (κ1) is 7.66. The Kier molecular flexibility index (Phi) is 3.11. The summed E-state index contributed by atoms with van der Waals surface area (Å²) in [5.41, 5.74) is 0. The van der Waals surface area contributed by atoms with Crippen LogP contribution >= 0.6 is 23.4 Å². The Bertz CT molecular complexity index is 64.6. The number of hydrogen-bond acceptors (Lipinski definition) is 2. The van der Waals surface area contributed by atoms with Gasteiger partial charge in [-0.1, -0.05) is 31.9 Å². The SMILES string of the molecule is C[Si](C)(C)SC=S. The van der Waals surface area contributed by atoms with Crippen molar-refractivity contribution in [1.82, 2.24) is 0 Å². The minimum atomic E-state index is -0.900. The molecular weight excluding hydrogens is 140 g/mol.